The minimum atomic E-state index is 0.353. The molecular weight excluding hydrogens is 264 g/mol. The van der Waals surface area contributed by atoms with Crippen molar-refractivity contribution in [2.75, 3.05) is 5.32 Å². The van der Waals surface area contributed by atoms with Crippen LogP contribution in [0.3, 0.4) is 0 Å². The molecule has 1 saturated carbocycles. The van der Waals surface area contributed by atoms with Crippen molar-refractivity contribution >= 4 is 34.5 Å². The van der Waals surface area contributed by atoms with E-state index in [1.54, 1.807) is 0 Å². The maximum Gasteiger partial charge on any atom is 0.107 e. The van der Waals surface area contributed by atoms with Crippen LogP contribution in [0.5, 0.6) is 0 Å². The van der Waals surface area contributed by atoms with Gasteiger partial charge in [-0.2, -0.15) is 0 Å². The molecule has 1 aromatic carbocycles. The Bertz CT molecular complexity index is 447. The molecule has 4 heteroatoms. The van der Waals surface area contributed by atoms with Gasteiger partial charge >= 0.3 is 0 Å². The molecule has 2 rings (SSSR count). The summed E-state index contributed by atoms with van der Waals surface area (Å²) >= 11 is 11.3. The van der Waals surface area contributed by atoms with Crippen LogP contribution in [0.4, 0.5) is 5.69 Å². The van der Waals surface area contributed by atoms with Crippen molar-refractivity contribution in [3.8, 4) is 0 Å². The Labute approximate surface area is 119 Å². The minimum absolute atomic E-state index is 0.353. The summed E-state index contributed by atoms with van der Waals surface area (Å²) in [5.74, 6) is 0.678. The maximum absolute atomic E-state index is 6.17. The molecule has 0 spiro atoms. The summed E-state index contributed by atoms with van der Waals surface area (Å²) in [6.07, 6.45) is 5.09. The fourth-order valence-corrected chi connectivity index (χ4v) is 3.18. The summed E-state index contributed by atoms with van der Waals surface area (Å²) in [6, 6.07) is 6.25. The highest BCUT2D eigenvalue weighted by Gasteiger charge is 2.22. The predicted molar refractivity (Wildman–Crippen MR) is 82.4 cm³/mol. The fourth-order valence-electron chi connectivity index (χ4n) is 2.63. The van der Waals surface area contributed by atoms with Gasteiger partial charge in [-0.15, -0.1) is 0 Å². The molecule has 1 aliphatic rings. The highest BCUT2D eigenvalue weighted by Crippen LogP contribution is 2.30. The molecule has 2 unspecified atom stereocenters. The molecule has 0 radical (unpaired) electrons. The van der Waals surface area contributed by atoms with Gasteiger partial charge in [0.25, 0.3) is 0 Å². The van der Waals surface area contributed by atoms with Gasteiger partial charge in [-0.05, 0) is 30.9 Å². The lowest BCUT2D eigenvalue weighted by Crippen LogP contribution is -2.31. The molecule has 98 valence electrons. The van der Waals surface area contributed by atoms with Crippen LogP contribution in [0.15, 0.2) is 18.2 Å². The third-order valence-corrected chi connectivity index (χ3v) is 4.23. The SMILES string of the molecule is CC1CCCCC1Nc1cccc(Cl)c1C(N)=S. The van der Waals surface area contributed by atoms with Crippen LogP contribution in [-0.4, -0.2) is 11.0 Å². The van der Waals surface area contributed by atoms with Crippen LogP contribution < -0.4 is 11.1 Å². The van der Waals surface area contributed by atoms with E-state index in [9.17, 15) is 0 Å². The molecule has 0 amide bonds. The summed E-state index contributed by atoms with van der Waals surface area (Å²) in [5, 5.41) is 4.19. The lowest BCUT2D eigenvalue weighted by Gasteiger charge is -2.31. The minimum Gasteiger partial charge on any atom is -0.389 e. The van der Waals surface area contributed by atoms with Crippen LogP contribution >= 0.6 is 23.8 Å². The molecule has 18 heavy (non-hydrogen) atoms. The molecular formula is C14H19ClN2S. The van der Waals surface area contributed by atoms with Crippen molar-refractivity contribution in [1.82, 2.24) is 0 Å². The average Bonchev–Trinajstić information content (AvgIpc) is 2.31. The van der Waals surface area contributed by atoms with Crippen LogP contribution in [0, 0.1) is 5.92 Å². The molecule has 0 aliphatic heterocycles. The molecule has 1 fully saturated rings. The Morgan fingerprint density at radius 2 is 2.11 bits per heavy atom. The van der Waals surface area contributed by atoms with E-state index in [0.717, 1.165) is 11.3 Å². The van der Waals surface area contributed by atoms with Gasteiger partial charge in [-0.25, -0.2) is 0 Å². The van der Waals surface area contributed by atoms with Gasteiger partial charge in [0.1, 0.15) is 4.99 Å². The van der Waals surface area contributed by atoms with E-state index in [1.165, 1.54) is 25.7 Å². The zero-order valence-electron chi connectivity index (χ0n) is 10.6. The van der Waals surface area contributed by atoms with Gasteiger partial charge in [0.15, 0.2) is 0 Å². The van der Waals surface area contributed by atoms with Crippen LogP contribution in [0.25, 0.3) is 0 Å². The van der Waals surface area contributed by atoms with E-state index in [-0.39, 0.29) is 0 Å². The molecule has 1 aromatic rings. The van der Waals surface area contributed by atoms with Crippen molar-refractivity contribution in [3.63, 3.8) is 0 Å². The standard InChI is InChI=1S/C14H19ClN2S/c1-9-5-2-3-7-11(9)17-12-8-4-6-10(15)13(12)14(16)18/h4,6,8-9,11,17H,2-3,5,7H2,1H3,(H2,16,18). The third-order valence-electron chi connectivity index (χ3n) is 3.71. The molecule has 3 N–H and O–H groups in total. The van der Waals surface area contributed by atoms with Crippen molar-refractivity contribution in [2.45, 2.75) is 38.6 Å². The summed E-state index contributed by atoms with van der Waals surface area (Å²) in [6.45, 7) is 2.29. The quantitative estimate of drug-likeness (QED) is 0.824. The third kappa shape index (κ3) is 2.96. The molecule has 0 saturated heterocycles. The van der Waals surface area contributed by atoms with Crippen LogP contribution in [0.1, 0.15) is 38.2 Å². The highest BCUT2D eigenvalue weighted by atomic mass is 35.5. The van der Waals surface area contributed by atoms with Crippen LogP contribution in [0.2, 0.25) is 5.02 Å². The summed E-state index contributed by atoms with van der Waals surface area (Å²) in [4.78, 5) is 0.353. The number of hydrogen-bond donors (Lipinski definition) is 2. The Balaban J connectivity index is 2.23. The Morgan fingerprint density at radius 3 is 2.78 bits per heavy atom. The van der Waals surface area contributed by atoms with E-state index < -0.39 is 0 Å². The number of benzene rings is 1. The van der Waals surface area contributed by atoms with Gasteiger partial charge in [0, 0.05) is 11.7 Å². The van der Waals surface area contributed by atoms with E-state index in [0.29, 0.717) is 22.0 Å². The summed E-state index contributed by atoms with van der Waals surface area (Å²) in [7, 11) is 0. The Kier molecular flexibility index (Phi) is 4.46. The normalized spacial score (nSPS) is 23.7. The van der Waals surface area contributed by atoms with Crippen LogP contribution in [-0.2, 0) is 0 Å². The van der Waals surface area contributed by atoms with Gasteiger partial charge in [-0.1, -0.05) is 49.7 Å². The lowest BCUT2D eigenvalue weighted by molar-refractivity contribution is 0.349. The molecule has 0 heterocycles. The van der Waals surface area contributed by atoms with Gasteiger partial charge in [-0.3, -0.25) is 0 Å². The van der Waals surface area contributed by atoms with Gasteiger partial charge < -0.3 is 11.1 Å². The predicted octanol–water partition coefficient (Wildman–Crippen LogP) is 3.96. The lowest BCUT2D eigenvalue weighted by atomic mass is 9.85. The Hall–Kier alpha value is -0.800. The van der Waals surface area contributed by atoms with Gasteiger partial charge in [0.05, 0.1) is 10.6 Å². The topological polar surface area (TPSA) is 38.0 Å². The summed E-state index contributed by atoms with van der Waals surface area (Å²) < 4.78 is 0. The first kappa shape index (κ1) is 13.6. The Morgan fingerprint density at radius 1 is 1.39 bits per heavy atom. The smallest absolute Gasteiger partial charge is 0.107 e. The number of nitrogens with one attached hydrogen (secondary N) is 1. The molecule has 2 nitrogen and oxygen atoms in total. The fraction of sp³-hybridized carbons (Fsp3) is 0.500. The molecule has 1 aliphatic carbocycles. The first-order chi connectivity index (χ1) is 8.59. The van der Waals surface area contributed by atoms with E-state index in [1.807, 2.05) is 18.2 Å². The molecule has 0 aromatic heterocycles. The maximum atomic E-state index is 6.17. The number of nitrogens with two attached hydrogens (primary N) is 1. The molecule has 0 bridgehead atoms. The van der Waals surface area contributed by atoms with Gasteiger partial charge in [0.2, 0.25) is 0 Å². The number of thiocarbonyl (C=S) groups is 1. The number of halogens is 1. The van der Waals surface area contributed by atoms with Crippen molar-refractivity contribution < 1.29 is 0 Å². The monoisotopic (exact) mass is 282 g/mol. The van der Waals surface area contributed by atoms with E-state index >= 15 is 0 Å². The second kappa shape index (κ2) is 5.89. The zero-order chi connectivity index (χ0) is 13.1. The van der Waals surface area contributed by atoms with E-state index in [2.05, 4.69) is 12.2 Å². The van der Waals surface area contributed by atoms with Crippen molar-refractivity contribution in [2.24, 2.45) is 11.7 Å². The second-order valence-electron chi connectivity index (χ2n) is 5.04. The largest absolute Gasteiger partial charge is 0.389 e. The average molecular weight is 283 g/mol. The second-order valence-corrected chi connectivity index (χ2v) is 5.89. The molecule has 2 atom stereocenters. The highest BCUT2D eigenvalue weighted by molar-refractivity contribution is 7.80. The van der Waals surface area contributed by atoms with Crippen molar-refractivity contribution in [1.29, 1.82) is 0 Å². The number of anilines is 1. The van der Waals surface area contributed by atoms with E-state index in [4.69, 9.17) is 29.6 Å². The first-order valence-corrected chi connectivity index (χ1v) is 7.23. The number of hydrogen-bond acceptors (Lipinski definition) is 2. The zero-order valence-corrected chi connectivity index (χ0v) is 12.2. The summed E-state index contributed by atoms with van der Waals surface area (Å²) in [5.41, 5.74) is 7.50. The first-order valence-electron chi connectivity index (χ1n) is 6.44. The number of rotatable bonds is 3. The van der Waals surface area contributed by atoms with Crippen molar-refractivity contribution in [3.05, 3.63) is 28.8 Å².